The van der Waals surface area contributed by atoms with Gasteiger partial charge in [-0.25, -0.2) is 8.42 Å². The van der Waals surface area contributed by atoms with Crippen molar-refractivity contribution in [1.29, 1.82) is 0 Å². The predicted octanol–water partition coefficient (Wildman–Crippen LogP) is 1.07. The Balaban J connectivity index is 2.19. The zero-order chi connectivity index (χ0) is 15.0. The quantitative estimate of drug-likeness (QED) is 0.774. The molecule has 2 heterocycles. The number of sulfonamides is 1. The van der Waals surface area contributed by atoms with Crippen LogP contribution in [0.25, 0.3) is 0 Å². The van der Waals surface area contributed by atoms with E-state index in [0.717, 1.165) is 8.87 Å². The number of nitrogens with zero attached hydrogens (tertiary/aromatic N) is 4. The van der Waals surface area contributed by atoms with Gasteiger partial charge in [0.15, 0.2) is 0 Å². The average molecular weight is 333 g/mol. The van der Waals surface area contributed by atoms with Gasteiger partial charge in [0, 0.05) is 19.0 Å². The highest BCUT2D eigenvalue weighted by atomic mass is 35.5. The van der Waals surface area contributed by atoms with E-state index in [1.165, 1.54) is 0 Å². The highest BCUT2D eigenvalue weighted by Crippen LogP contribution is 2.29. The lowest BCUT2D eigenvalue weighted by atomic mass is 10.4. The number of hydrogen-bond acceptors (Lipinski definition) is 4. The van der Waals surface area contributed by atoms with Gasteiger partial charge < -0.3 is 4.57 Å². The van der Waals surface area contributed by atoms with Gasteiger partial charge in [-0.2, -0.15) is 17.5 Å². The topological polar surface area (TPSA) is 68.1 Å². The molecule has 0 fully saturated rings. The third-order valence-corrected chi connectivity index (χ3v) is 5.07. The molecule has 2 rings (SSSR count). The van der Waals surface area contributed by atoms with Crippen LogP contribution in [0.3, 0.4) is 0 Å². The van der Waals surface area contributed by atoms with Crippen LogP contribution in [-0.2, 0) is 29.3 Å². The number of fused-ring (bicyclic) bond motifs is 1. The Morgan fingerprint density at radius 3 is 2.55 bits per heavy atom. The molecule has 0 saturated heterocycles. The first-order valence-electron chi connectivity index (χ1n) is 5.79. The van der Waals surface area contributed by atoms with Crippen molar-refractivity contribution in [3.8, 4) is 0 Å². The molecule has 0 bridgehead atoms. The molecule has 0 atom stereocenters. The van der Waals surface area contributed by atoms with Crippen LogP contribution in [0, 0.1) is 0 Å². The van der Waals surface area contributed by atoms with Gasteiger partial charge in [-0.15, -0.1) is 21.8 Å². The summed E-state index contributed by atoms with van der Waals surface area (Å²) in [4.78, 5) is 0. The van der Waals surface area contributed by atoms with Gasteiger partial charge >= 0.3 is 6.18 Å². The molecule has 1 aromatic heterocycles. The van der Waals surface area contributed by atoms with Crippen molar-refractivity contribution in [1.82, 2.24) is 19.1 Å². The smallest absolute Gasteiger partial charge is 0.305 e. The molecule has 11 heteroatoms. The molecule has 114 valence electrons. The molecule has 6 nitrogen and oxygen atoms in total. The summed E-state index contributed by atoms with van der Waals surface area (Å²) >= 11 is 5.45. The monoisotopic (exact) mass is 332 g/mol. The maximum absolute atomic E-state index is 12.6. The predicted molar refractivity (Wildman–Crippen MR) is 64.6 cm³/mol. The minimum atomic E-state index is -4.59. The van der Waals surface area contributed by atoms with Crippen molar-refractivity contribution in [2.45, 2.75) is 25.7 Å². The number of halogens is 4. The summed E-state index contributed by atoms with van der Waals surface area (Å²) in [6.45, 7) is -0.344. The summed E-state index contributed by atoms with van der Waals surface area (Å²) in [5, 5.41) is 6.52. The number of hydrogen-bond donors (Lipinski definition) is 0. The van der Waals surface area contributed by atoms with Crippen LogP contribution in [0.2, 0.25) is 0 Å². The number of alkyl halides is 4. The molecule has 0 saturated carbocycles. The van der Waals surface area contributed by atoms with E-state index in [1.54, 1.807) is 0 Å². The normalized spacial score (nSPS) is 17.2. The Labute approximate surface area is 118 Å². The van der Waals surface area contributed by atoms with E-state index < -0.39 is 22.0 Å². The van der Waals surface area contributed by atoms with Crippen molar-refractivity contribution >= 4 is 21.6 Å². The fourth-order valence-corrected chi connectivity index (χ4v) is 3.68. The van der Waals surface area contributed by atoms with Crippen LogP contribution >= 0.6 is 11.6 Å². The summed E-state index contributed by atoms with van der Waals surface area (Å²) < 4.78 is 63.8. The van der Waals surface area contributed by atoms with E-state index >= 15 is 0 Å². The van der Waals surface area contributed by atoms with Gasteiger partial charge in [0.25, 0.3) is 0 Å². The molecule has 0 unspecified atom stereocenters. The largest absolute Gasteiger partial charge is 0.451 e. The minimum Gasteiger partial charge on any atom is -0.305 e. The van der Waals surface area contributed by atoms with Crippen LogP contribution in [0.4, 0.5) is 13.2 Å². The van der Waals surface area contributed by atoms with E-state index in [2.05, 4.69) is 10.2 Å². The molecular formula is C9H12ClF3N4O2S. The first-order chi connectivity index (χ1) is 9.25. The Hall–Kier alpha value is -0.870. The van der Waals surface area contributed by atoms with Gasteiger partial charge in [0.2, 0.25) is 15.8 Å². The standard InChI is InChI=1S/C9H12ClF3N4O2S/c10-2-1-5-20(18,19)16-3-4-17-7(6-16)14-15-8(17)9(11,12)13/h1-6H2. The lowest BCUT2D eigenvalue weighted by Gasteiger charge is -2.27. The van der Waals surface area contributed by atoms with Crippen molar-refractivity contribution < 1.29 is 21.6 Å². The van der Waals surface area contributed by atoms with Gasteiger partial charge in [-0.1, -0.05) is 0 Å². The summed E-state index contributed by atoms with van der Waals surface area (Å²) in [5.41, 5.74) is 0. The Morgan fingerprint density at radius 1 is 1.25 bits per heavy atom. The van der Waals surface area contributed by atoms with Gasteiger partial charge in [-0.3, -0.25) is 0 Å². The molecule has 1 aliphatic rings. The van der Waals surface area contributed by atoms with E-state index in [1.807, 2.05) is 0 Å². The van der Waals surface area contributed by atoms with Crippen LogP contribution in [0.5, 0.6) is 0 Å². The van der Waals surface area contributed by atoms with Crippen molar-refractivity contribution in [2.75, 3.05) is 18.2 Å². The summed E-state index contributed by atoms with van der Waals surface area (Å²) in [5.74, 6) is -1.01. The Kier molecular flexibility index (Phi) is 4.26. The Bertz CT molecular complexity index is 587. The molecule has 0 spiro atoms. The highest BCUT2D eigenvalue weighted by molar-refractivity contribution is 7.89. The maximum atomic E-state index is 12.6. The maximum Gasteiger partial charge on any atom is 0.451 e. The van der Waals surface area contributed by atoms with Crippen molar-refractivity contribution in [3.05, 3.63) is 11.6 Å². The SMILES string of the molecule is O=S(=O)(CCCCl)N1CCn2c(nnc2C(F)(F)F)C1. The molecular weight excluding hydrogens is 321 g/mol. The molecule has 0 amide bonds. The Morgan fingerprint density at radius 2 is 1.95 bits per heavy atom. The second kappa shape index (κ2) is 5.49. The zero-order valence-corrected chi connectivity index (χ0v) is 11.8. The van der Waals surface area contributed by atoms with Crippen LogP contribution in [0.1, 0.15) is 18.1 Å². The lowest BCUT2D eigenvalue weighted by Crippen LogP contribution is -2.40. The van der Waals surface area contributed by atoms with E-state index in [4.69, 9.17) is 11.6 Å². The molecule has 20 heavy (non-hydrogen) atoms. The number of rotatable bonds is 4. The minimum absolute atomic E-state index is 0.00183. The fourth-order valence-electron chi connectivity index (χ4n) is 1.95. The van der Waals surface area contributed by atoms with Crippen molar-refractivity contribution in [2.24, 2.45) is 0 Å². The van der Waals surface area contributed by atoms with Gasteiger partial charge in [0.1, 0.15) is 5.82 Å². The van der Waals surface area contributed by atoms with Crippen molar-refractivity contribution in [3.63, 3.8) is 0 Å². The summed E-state index contributed by atoms with van der Waals surface area (Å²) in [6.07, 6.45) is -4.30. The van der Waals surface area contributed by atoms with Crippen LogP contribution in [0.15, 0.2) is 0 Å². The second-order valence-electron chi connectivity index (χ2n) is 4.28. The fraction of sp³-hybridized carbons (Fsp3) is 0.778. The second-order valence-corrected chi connectivity index (χ2v) is 6.75. The van der Waals surface area contributed by atoms with E-state index in [-0.39, 0.29) is 37.1 Å². The van der Waals surface area contributed by atoms with Gasteiger partial charge in [0.05, 0.1) is 12.3 Å². The summed E-state index contributed by atoms with van der Waals surface area (Å²) in [7, 11) is -3.53. The van der Waals surface area contributed by atoms with Gasteiger partial charge in [-0.05, 0) is 6.42 Å². The van der Waals surface area contributed by atoms with Crippen LogP contribution in [-0.4, -0.2) is 45.7 Å². The third-order valence-electron chi connectivity index (χ3n) is 2.90. The molecule has 1 aromatic rings. The first kappa shape index (κ1) is 15.5. The highest BCUT2D eigenvalue weighted by Gasteiger charge is 2.40. The molecule has 0 aliphatic carbocycles. The third kappa shape index (κ3) is 3.07. The summed E-state index contributed by atoms with van der Waals surface area (Å²) in [6, 6.07) is 0. The van der Waals surface area contributed by atoms with Crippen LogP contribution < -0.4 is 0 Å². The first-order valence-corrected chi connectivity index (χ1v) is 7.93. The molecule has 0 N–H and O–H groups in total. The number of aromatic nitrogens is 3. The zero-order valence-electron chi connectivity index (χ0n) is 10.3. The van der Waals surface area contributed by atoms with E-state index in [0.29, 0.717) is 6.42 Å². The van der Waals surface area contributed by atoms with E-state index in [9.17, 15) is 21.6 Å². The lowest BCUT2D eigenvalue weighted by molar-refractivity contribution is -0.147. The molecule has 0 radical (unpaired) electrons. The molecule has 1 aliphatic heterocycles. The average Bonchev–Trinajstić information content (AvgIpc) is 2.79. The molecule has 0 aromatic carbocycles.